The minimum Gasteiger partial charge on any atom is -0.493 e. The number of nitrogens with one attached hydrogen (secondary N) is 1. The summed E-state index contributed by atoms with van der Waals surface area (Å²) in [6, 6.07) is 10.8. The van der Waals surface area contributed by atoms with Crippen molar-refractivity contribution in [3.63, 3.8) is 0 Å². The van der Waals surface area contributed by atoms with E-state index in [1.54, 1.807) is 36.5 Å². The van der Waals surface area contributed by atoms with Gasteiger partial charge in [-0.1, -0.05) is 0 Å². The summed E-state index contributed by atoms with van der Waals surface area (Å²) in [7, 11) is 1.47. The van der Waals surface area contributed by atoms with Crippen LogP contribution in [0.3, 0.4) is 0 Å². The number of carbonyl (C=O) groups is 1. The number of aromatic nitrogens is 3. The molecule has 0 bridgehead atoms. The van der Waals surface area contributed by atoms with Gasteiger partial charge in [0.2, 0.25) is 4.77 Å². The Balaban J connectivity index is 1.93. The van der Waals surface area contributed by atoms with Gasteiger partial charge < -0.3 is 9.47 Å². The molecule has 2 aromatic carbocycles. The summed E-state index contributed by atoms with van der Waals surface area (Å²) in [5.41, 5.74) is 1.35. The number of hydrogen-bond donors (Lipinski definition) is 1. The molecule has 0 radical (unpaired) electrons. The monoisotopic (exact) mass is 386 g/mol. The van der Waals surface area contributed by atoms with E-state index in [0.717, 1.165) is 0 Å². The van der Waals surface area contributed by atoms with Crippen LogP contribution in [0.1, 0.15) is 12.5 Å². The van der Waals surface area contributed by atoms with E-state index in [9.17, 15) is 9.18 Å². The first-order valence-electron chi connectivity index (χ1n) is 7.82. The molecule has 1 heterocycles. The maximum absolute atomic E-state index is 13.1. The summed E-state index contributed by atoms with van der Waals surface area (Å²) in [5.74, 6) is 0.365. The zero-order chi connectivity index (χ0) is 19.4. The maximum Gasteiger partial charge on any atom is 0.308 e. The lowest BCUT2D eigenvalue weighted by Gasteiger charge is -2.08. The van der Waals surface area contributed by atoms with Gasteiger partial charge in [0.05, 0.1) is 13.3 Å². The summed E-state index contributed by atoms with van der Waals surface area (Å²) in [5, 5.41) is 11.1. The largest absolute Gasteiger partial charge is 0.493 e. The molecule has 0 saturated heterocycles. The zero-order valence-corrected chi connectivity index (χ0v) is 15.3. The number of ether oxygens (including phenoxy) is 2. The summed E-state index contributed by atoms with van der Waals surface area (Å²) < 4.78 is 25.1. The van der Waals surface area contributed by atoms with Gasteiger partial charge in [0.1, 0.15) is 5.82 Å². The fourth-order valence-corrected chi connectivity index (χ4v) is 2.49. The Morgan fingerprint density at radius 3 is 2.67 bits per heavy atom. The number of benzene rings is 2. The van der Waals surface area contributed by atoms with E-state index in [1.165, 1.54) is 30.8 Å². The van der Waals surface area contributed by atoms with Crippen molar-refractivity contribution in [3.8, 4) is 22.9 Å². The lowest BCUT2D eigenvalue weighted by Crippen LogP contribution is -2.03. The Bertz CT molecular complexity index is 1060. The molecule has 138 valence electrons. The molecule has 0 fully saturated rings. The smallest absolute Gasteiger partial charge is 0.308 e. The van der Waals surface area contributed by atoms with Gasteiger partial charge in [0.15, 0.2) is 17.3 Å². The van der Waals surface area contributed by atoms with Crippen molar-refractivity contribution < 1.29 is 18.7 Å². The number of esters is 1. The van der Waals surface area contributed by atoms with Crippen LogP contribution in [-0.2, 0) is 4.79 Å². The molecule has 0 amide bonds. The first kappa shape index (κ1) is 18.5. The van der Waals surface area contributed by atoms with Gasteiger partial charge in [-0.05, 0) is 60.2 Å². The second kappa shape index (κ2) is 7.92. The third kappa shape index (κ3) is 4.26. The number of carbonyl (C=O) groups excluding carboxylic acids is 1. The average Bonchev–Trinajstić information content (AvgIpc) is 3.01. The second-order valence-corrected chi connectivity index (χ2v) is 5.81. The highest BCUT2D eigenvalue weighted by Gasteiger charge is 2.10. The van der Waals surface area contributed by atoms with Crippen LogP contribution < -0.4 is 9.47 Å². The molecule has 9 heteroatoms. The Kier molecular flexibility index (Phi) is 5.41. The summed E-state index contributed by atoms with van der Waals surface area (Å²) >= 11 is 5.21. The van der Waals surface area contributed by atoms with Gasteiger partial charge in [-0.15, -0.1) is 0 Å². The maximum atomic E-state index is 13.1. The van der Waals surface area contributed by atoms with Gasteiger partial charge in [-0.2, -0.15) is 14.9 Å². The van der Waals surface area contributed by atoms with Crippen molar-refractivity contribution in [3.05, 3.63) is 58.6 Å². The van der Waals surface area contributed by atoms with Gasteiger partial charge in [-0.3, -0.25) is 4.79 Å². The van der Waals surface area contributed by atoms with E-state index in [0.29, 0.717) is 28.5 Å². The van der Waals surface area contributed by atoms with Crippen molar-refractivity contribution in [2.24, 2.45) is 5.10 Å². The van der Waals surface area contributed by atoms with E-state index in [2.05, 4.69) is 15.3 Å². The standard InChI is InChI=1S/C18H15FN4O3S/c1-11(24)26-15-8-3-12(9-16(15)25-2)10-20-23-17(21-22-18(23)27)13-4-6-14(19)7-5-13/h3-10H,1-2H3,(H,22,27)/b20-10-. The predicted molar refractivity (Wildman–Crippen MR) is 100 cm³/mol. The topological polar surface area (TPSA) is 81.5 Å². The first-order chi connectivity index (χ1) is 13.0. The number of nitrogens with zero attached hydrogens (tertiary/aromatic N) is 3. The first-order valence-corrected chi connectivity index (χ1v) is 8.23. The normalized spacial score (nSPS) is 10.9. The molecular formula is C18H15FN4O3S. The number of halogens is 1. The number of rotatable bonds is 5. The van der Waals surface area contributed by atoms with Crippen LogP contribution in [0.4, 0.5) is 4.39 Å². The number of H-pyrrole nitrogens is 1. The van der Waals surface area contributed by atoms with Crippen LogP contribution in [0.25, 0.3) is 11.4 Å². The second-order valence-electron chi connectivity index (χ2n) is 5.42. The fraction of sp³-hybridized carbons (Fsp3) is 0.111. The van der Waals surface area contributed by atoms with Crippen LogP contribution in [0.5, 0.6) is 11.5 Å². The molecule has 3 rings (SSSR count). The lowest BCUT2D eigenvalue weighted by atomic mass is 10.2. The van der Waals surface area contributed by atoms with E-state index in [1.807, 2.05) is 0 Å². The molecule has 0 unspecified atom stereocenters. The van der Waals surface area contributed by atoms with E-state index in [-0.39, 0.29) is 10.6 Å². The molecule has 1 N–H and O–H groups in total. The van der Waals surface area contributed by atoms with Crippen LogP contribution in [0.15, 0.2) is 47.6 Å². The van der Waals surface area contributed by atoms with Crippen LogP contribution in [0, 0.1) is 10.6 Å². The minimum atomic E-state index is -0.441. The Hall–Kier alpha value is -3.33. The van der Waals surface area contributed by atoms with Crippen molar-refractivity contribution in [1.29, 1.82) is 0 Å². The van der Waals surface area contributed by atoms with Crippen LogP contribution >= 0.6 is 12.2 Å². The SMILES string of the molecule is COc1cc(/C=N\n2c(-c3ccc(F)cc3)n[nH]c2=S)ccc1OC(C)=O. The van der Waals surface area contributed by atoms with Crippen molar-refractivity contribution in [2.45, 2.75) is 6.92 Å². The average molecular weight is 386 g/mol. The van der Waals surface area contributed by atoms with Crippen molar-refractivity contribution in [2.75, 3.05) is 7.11 Å². The van der Waals surface area contributed by atoms with Gasteiger partial charge >= 0.3 is 5.97 Å². The van der Waals surface area contributed by atoms with E-state index < -0.39 is 5.97 Å². The number of hydrogen-bond acceptors (Lipinski definition) is 6. The number of aromatic amines is 1. The fourth-order valence-electron chi connectivity index (χ4n) is 2.31. The summed E-state index contributed by atoms with van der Waals surface area (Å²) in [4.78, 5) is 11.1. The molecule has 0 saturated carbocycles. The van der Waals surface area contributed by atoms with Crippen LogP contribution in [0.2, 0.25) is 0 Å². The molecule has 7 nitrogen and oxygen atoms in total. The molecule has 27 heavy (non-hydrogen) atoms. The molecule has 1 aromatic heterocycles. The molecule has 0 spiro atoms. The molecule has 0 aliphatic carbocycles. The highest BCUT2D eigenvalue weighted by molar-refractivity contribution is 7.71. The van der Waals surface area contributed by atoms with E-state index in [4.69, 9.17) is 21.7 Å². The van der Waals surface area contributed by atoms with Crippen molar-refractivity contribution >= 4 is 24.4 Å². The van der Waals surface area contributed by atoms with Gasteiger partial charge in [-0.25, -0.2) is 9.49 Å². The third-order valence-corrected chi connectivity index (χ3v) is 3.78. The minimum absolute atomic E-state index is 0.286. The molecule has 0 aliphatic rings. The van der Waals surface area contributed by atoms with Crippen LogP contribution in [-0.4, -0.2) is 34.2 Å². The lowest BCUT2D eigenvalue weighted by molar-refractivity contribution is -0.132. The Morgan fingerprint density at radius 1 is 1.26 bits per heavy atom. The quantitative estimate of drug-likeness (QED) is 0.314. The predicted octanol–water partition coefficient (Wildman–Crippen LogP) is 3.56. The van der Waals surface area contributed by atoms with Gasteiger partial charge in [0, 0.05) is 12.5 Å². The van der Waals surface area contributed by atoms with Gasteiger partial charge in [0.25, 0.3) is 0 Å². The Labute approximate surface area is 159 Å². The Morgan fingerprint density at radius 2 is 2.00 bits per heavy atom. The summed E-state index contributed by atoms with van der Waals surface area (Å²) in [6.45, 7) is 1.31. The molecule has 0 atom stereocenters. The summed E-state index contributed by atoms with van der Waals surface area (Å²) in [6.07, 6.45) is 1.55. The number of methoxy groups -OCH3 is 1. The highest BCUT2D eigenvalue weighted by atomic mass is 32.1. The zero-order valence-electron chi connectivity index (χ0n) is 14.5. The third-order valence-electron chi connectivity index (χ3n) is 3.52. The highest BCUT2D eigenvalue weighted by Crippen LogP contribution is 2.27. The molecule has 3 aromatic rings. The van der Waals surface area contributed by atoms with Crippen molar-refractivity contribution in [1.82, 2.24) is 14.9 Å². The molecule has 0 aliphatic heterocycles. The molecular weight excluding hydrogens is 371 g/mol. The van der Waals surface area contributed by atoms with E-state index >= 15 is 0 Å².